The van der Waals surface area contributed by atoms with E-state index >= 15 is 0 Å². The van der Waals surface area contributed by atoms with Crippen LogP contribution >= 0.6 is 0 Å². The molecule has 1 aliphatic carbocycles. The zero-order valence-electron chi connectivity index (χ0n) is 12.8. The highest BCUT2D eigenvalue weighted by atomic mass is 16.3. The summed E-state index contributed by atoms with van der Waals surface area (Å²) >= 11 is 0. The van der Waals surface area contributed by atoms with Crippen LogP contribution < -0.4 is 5.32 Å². The molecule has 1 atom stereocenters. The number of nitrogens with zero attached hydrogens (tertiary/aromatic N) is 1. The molecule has 3 heteroatoms. The Hall–Kier alpha value is -0.120. The van der Waals surface area contributed by atoms with Gasteiger partial charge in [0.1, 0.15) is 0 Å². The molecule has 0 aromatic heterocycles. The van der Waals surface area contributed by atoms with E-state index in [4.69, 9.17) is 0 Å². The summed E-state index contributed by atoms with van der Waals surface area (Å²) in [5.74, 6) is 0. The molecular weight excluding hydrogens is 224 g/mol. The van der Waals surface area contributed by atoms with E-state index in [0.717, 1.165) is 19.5 Å². The van der Waals surface area contributed by atoms with Gasteiger partial charge in [0.2, 0.25) is 0 Å². The molecule has 1 rings (SSSR count). The summed E-state index contributed by atoms with van der Waals surface area (Å²) in [6.45, 7) is 6.54. The van der Waals surface area contributed by atoms with E-state index in [2.05, 4.69) is 38.2 Å². The van der Waals surface area contributed by atoms with Crippen molar-refractivity contribution < 1.29 is 5.11 Å². The van der Waals surface area contributed by atoms with Gasteiger partial charge in [-0.05, 0) is 33.4 Å². The van der Waals surface area contributed by atoms with Crippen LogP contribution in [0.3, 0.4) is 0 Å². The van der Waals surface area contributed by atoms with E-state index in [0.29, 0.717) is 5.54 Å². The SMILES string of the molecule is CCC(C)(CO)CNCC1(N(C)C)CCCCC1. The van der Waals surface area contributed by atoms with Crippen molar-refractivity contribution >= 4 is 0 Å². The van der Waals surface area contributed by atoms with Gasteiger partial charge in [0, 0.05) is 30.7 Å². The lowest BCUT2D eigenvalue weighted by molar-refractivity contribution is 0.0855. The quantitative estimate of drug-likeness (QED) is 0.733. The summed E-state index contributed by atoms with van der Waals surface area (Å²) in [4.78, 5) is 2.40. The third-order valence-corrected chi connectivity index (χ3v) is 4.97. The molecule has 0 bridgehead atoms. The molecule has 2 N–H and O–H groups in total. The highest BCUT2D eigenvalue weighted by Crippen LogP contribution is 2.31. The van der Waals surface area contributed by atoms with Gasteiger partial charge in [-0.3, -0.25) is 0 Å². The van der Waals surface area contributed by atoms with Crippen molar-refractivity contribution in [3.63, 3.8) is 0 Å². The zero-order chi connectivity index (χ0) is 13.6. The summed E-state index contributed by atoms with van der Waals surface area (Å²) in [6, 6.07) is 0. The molecule has 108 valence electrons. The van der Waals surface area contributed by atoms with E-state index in [9.17, 15) is 5.11 Å². The Morgan fingerprint density at radius 3 is 2.28 bits per heavy atom. The molecule has 1 saturated carbocycles. The van der Waals surface area contributed by atoms with Gasteiger partial charge in [-0.25, -0.2) is 0 Å². The first-order valence-electron chi connectivity index (χ1n) is 7.47. The fourth-order valence-electron chi connectivity index (χ4n) is 2.88. The van der Waals surface area contributed by atoms with Crippen LogP contribution in [0.15, 0.2) is 0 Å². The van der Waals surface area contributed by atoms with Crippen LogP contribution in [0, 0.1) is 5.41 Å². The van der Waals surface area contributed by atoms with E-state index in [1.807, 2.05) is 0 Å². The van der Waals surface area contributed by atoms with Crippen molar-refractivity contribution in [3.05, 3.63) is 0 Å². The van der Waals surface area contributed by atoms with Gasteiger partial charge in [0.25, 0.3) is 0 Å². The van der Waals surface area contributed by atoms with Gasteiger partial charge in [0.05, 0.1) is 0 Å². The molecular formula is C15H32N2O. The molecule has 3 nitrogen and oxygen atoms in total. The van der Waals surface area contributed by atoms with E-state index in [-0.39, 0.29) is 12.0 Å². The molecule has 1 aliphatic rings. The standard InChI is InChI=1S/C15H32N2O/c1-5-14(2,13-18)11-16-12-15(17(3)4)9-7-6-8-10-15/h16,18H,5-13H2,1-4H3. The predicted octanol–water partition coefficient (Wildman–Crippen LogP) is 2.25. The van der Waals surface area contributed by atoms with E-state index in [1.54, 1.807) is 0 Å². The molecule has 0 saturated heterocycles. The average Bonchev–Trinajstić information content (AvgIpc) is 2.39. The summed E-state index contributed by atoms with van der Waals surface area (Å²) < 4.78 is 0. The zero-order valence-corrected chi connectivity index (χ0v) is 12.8. The van der Waals surface area contributed by atoms with Crippen LogP contribution in [0.1, 0.15) is 52.4 Å². The molecule has 0 heterocycles. The molecule has 0 amide bonds. The number of aliphatic hydroxyl groups is 1. The molecule has 0 aromatic rings. The minimum Gasteiger partial charge on any atom is -0.396 e. The molecule has 0 spiro atoms. The van der Waals surface area contributed by atoms with E-state index < -0.39 is 0 Å². The first-order chi connectivity index (χ1) is 8.48. The summed E-state index contributed by atoms with van der Waals surface area (Å²) in [6.07, 6.45) is 7.71. The van der Waals surface area contributed by atoms with Crippen LogP contribution in [-0.4, -0.2) is 49.3 Å². The van der Waals surface area contributed by atoms with E-state index in [1.165, 1.54) is 32.1 Å². The minimum absolute atomic E-state index is 0.0299. The second kappa shape index (κ2) is 6.88. The Kier molecular flexibility index (Phi) is 6.09. The van der Waals surface area contributed by atoms with Crippen LogP contribution in [-0.2, 0) is 0 Å². The number of likely N-dealkylation sites (N-methyl/N-ethyl adjacent to an activating group) is 1. The Labute approximate surface area is 113 Å². The number of aliphatic hydroxyl groups excluding tert-OH is 1. The van der Waals surface area contributed by atoms with Crippen molar-refractivity contribution in [2.24, 2.45) is 5.41 Å². The van der Waals surface area contributed by atoms with Gasteiger partial charge >= 0.3 is 0 Å². The maximum Gasteiger partial charge on any atom is 0.0496 e. The Bertz CT molecular complexity index is 231. The molecule has 18 heavy (non-hydrogen) atoms. The number of nitrogens with one attached hydrogen (secondary N) is 1. The number of hydrogen-bond acceptors (Lipinski definition) is 3. The lowest BCUT2D eigenvalue weighted by Crippen LogP contribution is -2.54. The second-order valence-electron chi connectivity index (χ2n) is 6.61. The smallest absolute Gasteiger partial charge is 0.0496 e. The maximum atomic E-state index is 9.45. The molecule has 0 aliphatic heterocycles. The van der Waals surface area contributed by atoms with Gasteiger partial charge in [0.15, 0.2) is 0 Å². The summed E-state index contributed by atoms with van der Waals surface area (Å²) in [5, 5.41) is 13.1. The molecule has 0 aromatic carbocycles. The topological polar surface area (TPSA) is 35.5 Å². The van der Waals surface area contributed by atoms with Gasteiger partial charge in [-0.15, -0.1) is 0 Å². The molecule has 1 fully saturated rings. The van der Waals surface area contributed by atoms with Crippen molar-refractivity contribution in [3.8, 4) is 0 Å². The van der Waals surface area contributed by atoms with Crippen LogP contribution in [0.2, 0.25) is 0 Å². The summed E-state index contributed by atoms with van der Waals surface area (Å²) in [7, 11) is 4.41. The Balaban J connectivity index is 2.48. The van der Waals surface area contributed by atoms with Gasteiger partial charge < -0.3 is 15.3 Å². The van der Waals surface area contributed by atoms with Gasteiger partial charge in [-0.2, -0.15) is 0 Å². The number of rotatable bonds is 7. The molecule has 0 radical (unpaired) electrons. The van der Waals surface area contributed by atoms with Crippen molar-refractivity contribution in [2.45, 2.75) is 57.9 Å². The predicted molar refractivity (Wildman–Crippen MR) is 77.9 cm³/mol. The third-order valence-electron chi connectivity index (χ3n) is 4.97. The first kappa shape index (κ1) is 15.9. The van der Waals surface area contributed by atoms with Crippen molar-refractivity contribution in [1.29, 1.82) is 0 Å². The fraction of sp³-hybridized carbons (Fsp3) is 1.00. The lowest BCUT2D eigenvalue weighted by atomic mass is 9.80. The van der Waals surface area contributed by atoms with Crippen LogP contribution in [0.4, 0.5) is 0 Å². The van der Waals surface area contributed by atoms with Crippen LogP contribution in [0.5, 0.6) is 0 Å². The van der Waals surface area contributed by atoms with Crippen molar-refractivity contribution in [1.82, 2.24) is 10.2 Å². The Morgan fingerprint density at radius 1 is 1.22 bits per heavy atom. The summed E-state index contributed by atoms with van der Waals surface area (Å²) in [5.41, 5.74) is 0.366. The number of hydrogen-bond donors (Lipinski definition) is 2. The first-order valence-corrected chi connectivity index (χ1v) is 7.47. The largest absolute Gasteiger partial charge is 0.396 e. The lowest BCUT2D eigenvalue weighted by Gasteiger charge is -2.44. The highest BCUT2D eigenvalue weighted by molar-refractivity contribution is 4.93. The second-order valence-corrected chi connectivity index (χ2v) is 6.61. The monoisotopic (exact) mass is 256 g/mol. The maximum absolute atomic E-state index is 9.45. The van der Waals surface area contributed by atoms with Gasteiger partial charge in [-0.1, -0.05) is 33.1 Å². The Morgan fingerprint density at radius 2 is 1.83 bits per heavy atom. The van der Waals surface area contributed by atoms with Crippen LogP contribution in [0.25, 0.3) is 0 Å². The molecule has 1 unspecified atom stereocenters. The highest BCUT2D eigenvalue weighted by Gasteiger charge is 2.34. The average molecular weight is 256 g/mol. The minimum atomic E-state index is 0.0299. The van der Waals surface area contributed by atoms with Crippen molar-refractivity contribution in [2.75, 3.05) is 33.8 Å². The third kappa shape index (κ3) is 3.94. The fourth-order valence-corrected chi connectivity index (χ4v) is 2.88. The normalized spacial score (nSPS) is 23.0.